The molecule has 0 heterocycles. The molecule has 0 amide bonds. The summed E-state index contributed by atoms with van der Waals surface area (Å²) in [5.74, 6) is 1.56. The van der Waals surface area contributed by atoms with Gasteiger partial charge < -0.3 is 5.32 Å². The van der Waals surface area contributed by atoms with Gasteiger partial charge in [-0.2, -0.15) is 0 Å². The average molecular weight is 227 g/mol. The molecule has 0 radical (unpaired) electrons. The maximum atomic E-state index is 3.67. The molecule has 0 aromatic heterocycles. The molecule has 2 atom stereocenters. The fraction of sp³-hybridized carbons (Fsp3) is 1.00. The van der Waals surface area contributed by atoms with Gasteiger partial charge in [0, 0.05) is 12.1 Å². The second-order valence-electron chi connectivity index (χ2n) is 7.13. The Morgan fingerprint density at radius 1 is 1.00 bits per heavy atom. The van der Waals surface area contributed by atoms with Gasteiger partial charge in [-0.3, -0.25) is 0 Å². The molecule has 0 aromatic carbocycles. The first-order chi connectivity index (χ1) is 7.10. The van der Waals surface area contributed by atoms with Crippen LogP contribution in [0.1, 0.15) is 68.2 Å². The predicted molar refractivity (Wildman–Crippen MR) is 74.8 cm³/mol. The number of rotatable bonds is 6. The monoisotopic (exact) mass is 227 g/mol. The molecule has 0 saturated carbocycles. The average Bonchev–Trinajstić information content (AvgIpc) is 2.13. The van der Waals surface area contributed by atoms with E-state index in [4.69, 9.17) is 0 Å². The number of hydrogen-bond acceptors (Lipinski definition) is 1. The van der Waals surface area contributed by atoms with Crippen molar-refractivity contribution in [1.29, 1.82) is 0 Å². The van der Waals surface area contributed by atoms with Gasteiger partial charge in [-0.1, -0.05) is 41.0 Å². The summed E-state index contributed by atoms with van der Waals surface area (Å²) in [6, 6.07) is 0. The van der Waals surface area contributed by atoms with Gasteiger partial charge in [0.15, 0.2) is 0 Å². The molecule has 98 valence electrons. The van der Waals surface area contributed by atoms with Gasteiger partial charge in [0.2, 0.25) is 0 Å². The summed E-state index contributed by atoms with van der Waals surface area (Å²) in [6.07, 6.45) is 2.61. The molecule has 0 aliphatic heterocycles. The van der Waals surface area contributed by atoms with Crippen LogP contribution in [0, 0.1) is 17.3 Å². The highest BCUT2D eigenvalue weighted by molar-refractivity contribution is 4.85. The van der Waals surface area contributed by atoms with Crippen LogP contribution in [-0.4, -0.2) is 12.1 Å². The lowest BCUT2D eigenvalue weighted by atomic mass is 9.72. The largest absolute Gasteiger partial charge is 0.312 e. The molecule has 0 aliphatic carbocycles. The van der Waals surface area contributed by atoms with Crippen LogP contribution >= 0.6 is 0 Å². The second-order valence-corrected chi connectivity index (χ2v) is 7.13. The highest BCUT2D eigenvalue weighted by Crippen LogP contribution is 2.34. The van der Waals surface area contributed by atoms with Crippen molar-refractivity contribution in [2.75, 3.05) is 6.54 Å². The molecule has 0 rings (SSSR count). The van der Waals surface area contributed by atoms with E-state index in [9.17, 15) is 0 Å². The van der Waals surface area contributed by atoms with E-state index in [-0.39, 0.29) is 5.54 Å². The van der Waals surface area contributed by atoms with Gasteiger partial charge in [-0.25, -0.2) is 0 Å². The molecule has 1 N–H and O–H groups in total. The van der Waals surface area contributed by atoms with E-state index < -0.39 is 0 Å². The van der Waals surface area contributed by atoms with Gasteiger partial charge >= 0.3 is 0 Å². The maximum absolute atomic E-state index is 3.67. The minimum atomic E-state index is 0.228. The van der Waals surface area contributed by atoms with Crippen molar-refractivity contribution in [3.63, 3.8) is 0 Å². The number of hydrogen-bond donors (Lipinski definition) is 1. The zero-order chi connectivity index (χ0) is 13.0. The van der Waals surface area contributed by atoms with Crippen LogP contribution in [0.4, 0.5) is 0 Å². The van der Waals surface area contributed by atoms with Crippen molar-refractivity contribution in [2.24, 2.45) is 17.3 Å². The highest BCUT2D eigenvalue weighted by atomic mass is 15.0. The maximum Gasteiger partial charge on any atom is 0.00967 e. The number of nitrogens with one attached hydrogen (secondary N) is 1. The van der Waals surface area contributed by atoms with E-state index >= 15 is 0 Å². The van der Waals surface area contributed by atoms with Crippen molar-refractivity contribution >= 4 is 0 Å². The van der Waals surface area contributed by atoms with Crippen LogP contribution in [-0.2, 0) is 0 Å². The molecule has 0 fully saturated rings. The molecule has 0 aromatic rings. The van der Waals surface area contributed by atoms with E-state index in [2.05, 4.69) is 60.7 Å². The quantitative estimate of drug-likeness (QED) is 0.706. The zero-order valence-electron chi connectivity index (χ0n) is 12.8. The zero-order valence-corrected chi connectivity index (χ0v) is 12.8. The van der Waals surface area contributed by atoms with Crippen LogP contribution in [0.2, 0.25) is 0 Å². The molecule has 0 saturated heterocycles. The Balaban J connectivity index is 4.45. The Hall–Kier alpha value is -0.0400. The summed E-state index contributed by atoms with van der Waals surface area (Å²) in [5, 5.41) is 3.67. The van der Waals surface area contributed by atoms with E-state index in [0.29, 0.717) is 5.41 Å². The molecule has 2 unspecified atom stereocenters. The Labute approximate surface area is 103 Å². The summed E-state index contributed by atoms with van der Waals surface area (Å²) in [6.45, 7) is 19.7. The van der Waals surface area contributed by atoms with E-state index in [0.717, 1.165) is 18.4 Å². The highest BCUT2D eigenvalue weighted by Gasteiger charge is 2.30. The van der Waals surface area contributed by atoms with Gasteiger partial charge in [0.05, 0.1) is 0 Å². The summed E-state index contributed by atoms with van der Waals surface area (Å²) < 4.78 is 0. The fourth-order valence-corrected chi connectivity index (χ4v) is 1.92. The van der Waals surface area contributed by atoms with Crippen molar-refractivity contribution in [3.05, 3.63) is 0 Å². The van der Waals surface area contributed by atoms with Gasteiger partial charge in [-0.05, 0) is 44.4 Å². The Morgan fingerprint density at radius 2 is 1.50 bits per heavy atom. The first-order valence-corrected chi connectivity index (χ1v) is 6.85. The van der Waals surface area contributed by atoms with Gasteiger partial charge in [0.25, 0.3) is 0 Å². The standard InChI is InChI=1S/C15H33N/c1-9-13(4)10-15(8,12(2)3)11-16-14(5,6)7/h12-13,16H,9-11H2,1-8H3. The summed E-state index contributed by atoms with van der Waals surface area (Å²) in [7, 11) is 0. The molecule has 0 spiro atoms. The lowest BCUT2D eigenvalue weighted by Gasteiger charge is -2.39. The van der Waals surface area contributed by atoms with Crippen molar-refractivity contribution in [3.8, 4) is 0 Å². The molecule has 0 bridgehead atoms. The lowest BCUT2D eigenvalue weighted by Crippen LogP contribution is -2.45. The minimum Gasteiger partial charge on any atom is -0.312 e. The van der Waals surface area contributed by atoms with Crippen molar-refractivity contribution < 1.29 is 0 Å². The SMILES string of the molecule is CCC(C)CC(C)(CNC(C)(C)C)C(C)C. The van der Waals surface area contributed by atoms with Crippen LogP contribution in [0.25, 0.3) is 0 Å². The molecule has 0 aliphatic rings. The van der Waals surface area contributed by atoms with Crippen LogP contribution in [0.5, 0.6) is 0 Å². The van der Waals surface area contributed by atoms with Crippen molar-refractivity contribution in [1.82, 2.24) is 5.32 Å². The fourth-order valence-electron chi connectivity index (χ4n) is 1.92. The summed E-state index contributed by atoms with van der Waals surface area (Å²) in [5.41, 5.74) is 0.647. The normalized spacial score (nSPS) is 18.6. The molecule has 16 heavy (non-hydrogen) atoms. The molecule has 1 nitrogen and oxygen atoms in total. The van der Waals surface area contributed by atoms with Crippen LogP contribution < -0.4 is 5.32 Å². The predicted octanol–water partition coefficient (Wildman–Crippen LogP) is 4.47. The third-order valence-corrected chi connectivity index (χ3v) is 3.93. The summed E-state index contributed by atoms with van der Waals surface area (Å²) in [4.78, 5) is 0. The van der Waals surface area contributed by atoms with E-state index in [1.165, 1.54) is 12.8 Å². The Bertz CT molecular complexity index is 190. The third-order valence-electron chi connectivity index (χ3n) is 3.93. The van der Waals surface area contributed by atoms with Gasteiger partial charge in [0.1, 0.15) is 0 Å². The lowest BCUT2D eigenvalue weighted by molar-refractivity contribution is 0.146. The van der Waals surface area contributed by atoms with Gasteiger partial charge in [-0.15, -0.1) is 0 Å². The molecular weight excluding hydrogens is 194 g/mol. The molecular formula is C15H33N. The smallest absolute Gasteiger partial charge is 0.00967 e. The minimum absolute atomic E-state index is 0.228. The first-order valence-electron chi connectivity index (χ1n) is 6.85. The van der Waals surface area contributed by atoms with E-state index in [1.54, 1.807) is 0 Å². The summed E-state index contributed by atoms with van der Waals surface area (Å²) >= 11 is 0. The third kappa shape index (κ3) is 5.89. The second kappa shape index (κ2) is 6.05. The Morgan fingerprint density at radius 3 is 1.81 bits per heavy atom. The Kier molecular flexibility index (Phi) is 6.03. The topological polar surface area (TPSA) is 12.0 Å². The first kappa shape index (κ1) is 16.0. The van der Waals surface area contributed by atoms with Crippen molar-refractivity contribution in [2.45, 2.75) is 73.8 Å². The van der Waals surface area contributed by atoms with Crippen LogP contribution in [0.15, 0.2) is 0 Å². The molecule has 1 heteroatoms. The van der Waals surface area contributed by atoms with E-state index in [1.807, 2.05) is 0 Å². The van der Waals surface area contributed by atoms with Crippen LogP contribution in [0.3, 0.4) is 0 Å².